The van der Waals surface area contributed by atoms with E-state index >= 15 is 0 Å². The third kappa shape index (κ3) is 2.78. The topological polar surface area (TPSA) is 51.4 Å². The zero-order valence-corrected chi connectivity index (χ0v) is 11.6. The third-order valence-electron chi connectivity index (χ3n) is 2.97. The van der Waals surface area contributed by atoms with Gasteiger partial charge < -0.3 is 15.4 Å². The summed E-state index contributed by atoms with van der Waals surface area (Å²) in [5.74, 6) is 1.29. The second kappa shape index (κ2) is 5.61. The van der Waals surface area contributed by atoms with Crippen molar-refractivity contribution in [2.75, 3.05) is 24.3 Å². The lowest BCUT2D eigenvalue weighted by Gasteiger charge is -2.24. The number of nitrogen functional groups attached to an aromatic ring is 1. The summed E-state index contributed by atoms with van der Waals surface area (Å²) < 4.78 is 5.17. The summed E-state index contributed by atoms with van der Waals surface area (Å²) in [6, 6.07) is 11.9. The van der Waals surface area contributed by atoms with Crippen molar-refractivity contribution in [2.24, 2.45) is 0 Å². The standard InChI is InChI=1S/C15H19N3O/c1-4-18(12-7-5-6-11(2)10-12)15-13(16)8-9-14(17-15)19-3/h5-10H,4,16H2,1-3H3. The van der Waals surface area contributed by atoms with Crippen molar-refractivity contribution >= 4 is 17.2 Å². The molecule has 1 aromatic heterocycles. The number of ether oxygens (including phenoxy) is 1. The maximum Gasteiger partial charge on any atom is 0.215 e. The van der Waals surface area contributed by atoms with Crippen LogP contribution in [-0.4, -0.2) is 18.6 Å². The number of pyridine rings is 1. The lowest BCUT2D eigenvalue weighted by Crippen LogP contribution is -2.19. The SMILES string of the molecule is CCN(c1cccc(C)c1)c1nc(OC)ccc1N. The third-order valence-corrected chi connectivity index (χ3v) is 2.97. The number of aryl methyl sites for hydroxylation is 1. The van der Waals surface area contributed by atoms with Crippen molar-refractivity contribution in [3.8, 4) is 5.88 Å². The highest BCUT2D eigenvalue weighted by atomic mass is 16.5. The predicted molar refractivity (Wildman–Crippen MR) is 79.1 cm³/mol. The zero-order valence-electron chi connectivity index (χ0n) is 11.6. The maximum absolute atomic E-state index is 6.04. The molecule has 0 saturated heterocycles. The van der Waals surface area contributed by atoms with Crippen LogP contribution in [0.4, 0.5) is 17.2 Å². The van der Waals surface area contributed by atoms with Crippen LogP contribution >= 0.6 is 0 Å². The molecule has 0 aliphatic rings. The summed E-state index contributed by atoms with van der Waals surface area (Å²) in [6.07, 6.45) is 0. The minimum Gasteiger partial charge on any atom is -0.481 e. The lowest BCUT2D eigenvalue weighted by atomic mass is 10.2. The average Bonchev–Trinajstić information content (AvgIpc) is 2.42. The minimum absolute atomic E-state index is 0.565. The molecule has 4 heteroatoms. The van der Waals surface area contributed by atoms with Crippen molar-refractivity contribution in [3.63, 3.8) is 0 Å². The van der Waals surface area contributed by atoms with E-state index in [1.165, 1.54) is 5.56 Å². The quantitative estimate of drug-likeness (QED) is 0.914. The molecule has 0 saturated carbocycles. The Bertz CT molecular complexity index is 569. The summed E-state index contributed by atoms with van der Waals surface area (Å²) in [7, 11) is 1.60. The molecule has 2 N–H and O–H groups in total. The van der Waals surface area contributed by atoms with Crippen LogP contribution in [0.15, 0.2) is 36.4 Å². The van der Waals surface area contributed by atoms with Gasteiger partial charge in [-0.05, 0) is 37.6 Å². The van der Waals surface area contributed by atoms with E-state index in [-0.39, 0.29) is 0 Å². The number of rotatable bonds is 4. The molecule has 0 radical (unpaired) electrons. The molecule has 0 fully saturated rings. The van der Waals surface area contributed by atoms with E-state index < -0.39 is 0 Å². The number of benzene rings is 1. The fourth-order valence-electron chi connectivity index (χ4n) is 2.02. The van der Waals surface area contributed by atoms with Crippen molar-refractivity contribution in [1.29, 1.82) is 0 Å². The van der Waals surface area contributed by atoms with Crippen LogP contribution in [0.25, 0.3) is 0 Å². The summed E-state index contributed by atoms with van der Waals surface area (Å²) in [5, 5.41) is 0. The van der Waals surface area contributed by atoms with Gasteiger partial charge in [0.15, 0.2) is 5.82 Å². The highest BCUT2D eigenvalue weighted by Crippen LogP contribution is 2.30. The normalized spacial score (nSPS) is 10.3. The number of hydrogen-bond donors (Lipinski definition) is 1. The Hall–Kier alpha value is -2.23. The molecule has 2 rings (SSSR count). The number of methoxy groups -OCH3 is 1. The van der Waals surface area contributed by atoms with Gasteiger partial charge in [0.1, 0.15) is 0 Å². The zero-order chi connectivity index (χ0) is 13.8. The molecule has 19 heavy (non-hydrogen) atoms. The van der Waals surface area contributed by atoms with Crippen LogP contribution < -0.4 is 15.4 Å². The summed E-state index contributed by atoms with van der Waals surface area (Å²) in [6.45, 7) is 4.93. The molecule has 0 amide bonds. The van der Waals surface area contributed by atoms with E-state index in [0.717, 1.165) is 18.1 Å². The van der Waals surface area contributed by atoms with E-state index in [1.54, 1.807) is 13.2 Å². The van der Waals surface area contributed by atoms with Gasteiger partial charge in [-0.25, -0.2) is 0 Å². The molecular weight excluding hydrogens is 238 g/mol. The monoisotopic (exact) mass is 257 g/mol. The fraction of sp³-hybridized carbons (Fsp3) is 0.267. The number of hydrogen-bond acceptors (Lipinski definition) is 4. The van der Waals surface area contributed by atoms with Gasteiger partial charge in [0.2, 0.25) is 5.88 Å². The molecule has 1 heterocycles. The largest absolute Gasteiger partial charge is 0.481 e. The Morgan fingerprint density at radius 3 is 2.68 bits per heavy atom. The minimum atomic E-state index is 0.565. The molecule has 0 atom stereocenters. The van der Waals surface area contributed by atoms with Crippen LogP contribution in [0, 0.1) is 6.92 Å². The van der Waals surface area contributed by atoms with E-state index in [4.69, 9.17) is 10.5 Å². The Balaban J connectivity index is 2.47. The molecule has 4 nitrogen and oxygen atoms in total. The van der Waals surface area contributed by atoms with Gasteiger partial charge in [0.25, 0.3) is 0 Å². The Morgan fingerprint density at radius 1 is 1.26 bits per heavy atom. The van der Waals surface area contributed by atoms with Crippen molar-refractivity contribution in [1.82, 2.24) is 4.98 Å². The second-order valence-corrected chi connectivity index (χ2v) is 4.35. The molecule has 0 bridgehead atoms. The van der Waals surface area contributed by atoms with E-state index in [0.29, 0.717) is 11.6 Å². The van der Waals surface area contributed by atoms with Crippen LogP contribution in [0.5, 0.6) is 5.88 Å². The van der Waals surface area contributed by atoms with E-state index in [9.17, 15) is 0 Å². The summed E-state index contributed by atoms with van der Waals surface area (Å²) in [5.41, 5.74) is 8.96. The molecule has 1 aromatic carbocycles. The predicted octanol–water partition coefficient (Wildman–Crippen LogP) is 3.14. The summed E-state index contributed by atoms with van der Waals surface area (Å²) in [4.78, 5) is 6.52. The molecule has 0 aliphatic heterocycles. The van der Waals surface area contributed by atoms with Gasteiger partial charge in [-0.3, -0.25) is 0 Å². The van der Waals surface area contributed by atoms with Crippen molar-refractivity contribution in [2.45, 2.75) is 13.8 Å². The maximum atomic E-state index is 6.04. The number of anilines is 3. The van der Waals surface area contributed by atoms with Crippen LogP contribution in [0.2, 0.25) is 0 Å². The van der Waals surface area contributed by atoms with Gasteiger partial charge in [0.05, 0.1) is 12.8 Å². The smallest absolute Gasteiger partial charge is 0.215 e. The lowest BCUT2D eigenvalue weighted by molar-refractivity contribution is 0.398. The van der Waals surface area contributed by atoms with Crippen LogP contribution in [0.3, 0.4) is 0 Å². The molecular formula is C15H19N3O. The first kappa shape index (κ1) is 13.2. The van der Waals surface area contributed by atoms with E-state index in [1.807, 2.05) is 12.1 Å². The Labute approximate surface area is 113 Å². The van der Waals surface area contributed by atoms with Gasteiger partial charge in [-0.15, -0.1) is 0 Å². The first-order valence-electron chi connectivity index (χ1n) is 6.30. The van der Waals surface area contributed by atoms with Crippen LogP contribution in [0.1, 0.15) is 12.5 Å². The molecule has 0 aliphatic carbocycles. The van der Waals surface area contributed by atoms with Crippen LogP contribution in [-0.2, 0) is 0 Å². The summed E-state index contributed by atoms with van der Waals surface area (Å²) >= 11 is 0. The highest BCUT2D eigenvalue weighted by Gasteiger charge is 2.13. The first-order valence-corrected chi connectivity index (χ1v) is 6.30. The Morgan fingerprint density at radius 2 is 2.05 bits per heavy atom. The van der Waals surface area contributed by atoms with Crippen molar-refractivity contribution < 1.29 is 4.74 Å². The average molecular weight is 257 g/mol. The Kier molecular flexibility index (Phi) is 3.90. The molecule has 100 valence electrons. The van der Waals surface area contributed by atoms with Crippen molar-refractivity contribution in [3.05, 3.63) is 42.0 Å². The van der Waals surface area contributed by atoms with Gasteiger partial charge in [-0.1, -0.05) is 12.1 Å². The molecule has 0 unspecified atom stereocenters. The van der Waals surface area contributed by atoms with Gasteiger partial charge in [-0.2, -0.15) is 4.98 Å². The number of aromatic nitrogens is 1. The number of nitrogens with zero attached hydrogens (tertiary/aromatic N) is 2. The highest BCUT2D eigenvalue weighted by molar-refractivity contribution is 5.71. The fourth-order valence-corrected chi connectivity index (χ4v) is 2.02. The first-order chi connectivity index (χ1) is 9.15. The van der Waals surface area contributed by atoms with Gasteiger partial charge >= 0.3 is 0 Å². The van der Waals surface area contributed by atoms with Gasteiger partial charge in [0, 0.05) is 18.3 Å². The van der Waals surface area contributed by atoms with E-state index in [2.05, 4.69) is 41.9 Å². The molecule has 0 spiro atoms. The number of nitrogens with two attached hydrogens (primary N) is 1. The second-order valence-electron chi connectivity index (χ2n) is 4.35. The molecule has 2 aromatic rings.